The van der Waals surface area contributed by atoms with Crippen LogP contribution in [-0.2, 0) is 0 Å². The number of aliphatic hydroxyl groups excluding tert-OH is 1. The van der Waals surface area contributed by atoms with Crippen LogP contribution in [0.4, 0.5) is 5.69 Å². The van der Waals surface area contributed by atoms with E-state index in [0.717, 1.165) is 19.5 Å². The van der Waals surface area contributed by atoms with Gasteiger partial charge in [-0.05, 0) is 31.5 Å². The second-order valence-corrected chi connectivity index (χ2v) is 4.68. The van der Waals surface area contributed by atoms with Gasteiger partial charge in [0.25, 0.3) is 0 Å². The van der Waals surface area contributed by atoms with E-state index in [1.54, 1.807) is 0 Å². The molecule has 0 saturated carbocycles. The molecule has 0 spiro atoms. The maximum absolute atomic E-state index is 9.32. The Bertz CT molecular complexity index is 367. The van der Waals surface area contributed by atoms with Crippen LogP contribution in [0, 0.1) is 0 Å². The zero-order valence-electron chi connectivity index (χ0n) is 10.7. The molecule has 1 aromatic carbocycles. The fourth-order valence-corrected chi connectivity index (χ4v) is 2.60. The minimum atomic E-state index is 0.193. The largest absolute Gasteiger partial charge is 0.394 e. The predicted molar refractivity (Wildman–Crippen MR) is 71.4 cm³/mol. The van der Waals surface area contributed by atoms with Crippen molar-refractivity contribution in [1.82, 2.24) is 5.32 Å². The number of nitrogens with one attached hydrogen (secondary N) is 1. The first-order valence-corrected chi connectivity index (χ1v) is 6.47. The van der Waals surface area contributed by atoms with Crippen LogP contribution in [0.3, 0.4) is 0 Å². The number of para-hydroxylation sites is 1. The summed E-state index contributed by atoms with van der Waals surface area (Å²) in [6.07, 6.45) is 1.11. The van der Waals surface area contributed by atoms with Crippen molar-refractivity contribution in [2.75, 3.05) is 24.6 Å². The number of rotatable bonds is 4. The summed E-state index contributed by atoms with van der Waals surface area (Å²) in [5.74, 6) is 0. The second-order valence-electron chi connectivity index (χ2n) is 4.68. The van der Waals surface area contributed by atoms with E-state index >= 15 is 0 Å². The van der Waals surface area contributed by atoms with Crippen molar-refractivity contribution in [3.05, 3.63) is 29.8 Å². The van der Waals surface area contributed by atoms with Crippen LogP contribution in [0.2, 0.25) is 0 Å². The average Bonchev–Trinajstić information content (AvgIpc) is 2.38. The predicted octanol–water partition coefficient (Wildman–Crippen LogP) is 1.93. The van der Waals surface area contributed by atoms with E-state index in [4.69, 9.17) is 0 Å². The van der Waals surface area contributed by atoms with Crippen molar-refractivity contribution in [3.8, 4) is 0 Å². The van der Waals surface area contributed by atoms with Gasteiger partial charge in [0.05, 0.1) is 6.61 Å². The Morgan fingerprint density at radius 1 is 1.47 bits per heavy atom. The van der Waals surface area contributed by atoms with E-state index in [1.165, 1.54) is 11.3 Å². The van der Waals surface area contributed by atoms with Crippen molar-refractivity contribution >= 4 is 5.69 Å². The fraction of sp³-hybridized carbons (Fsp3) is 0.571. The SMILES string of the molecule is CCNC1CCN(C(C)CO)c2ccccc21. The van der Waals surface area contributed by atoms with Crippen molar-refractivity contribution in [2.24, 2.45) is 0 Å². The monoisotopic (exact) mass is 234 g/mol. The lowest BCUT2D eigenvalue weighted by Crippen LogP contribution is -2.42. The van der Waals surface area contributed by atoms with Gasteiger partial charge >= 0.3 is 0 Å². The molecule has 2 N–H and O–H groups in total. The summed E-state index contributed by atoms with van der Waals surface area (Å²) in [4.78, 5) is 2.31. The fourth-order valence-electron chi connectivity index (χ4n) is 2.60. The van der Waals surface area contributed by atoms with Gasteiger partial charge in [-0.3, -0.25) is 0 Å². The minimum Gasteiger partial charge on any atom is -0.394 e. The molecule has 0 amide bonds. The van der Waals surface area contributed by atoms with Crippen LogP contribution >= 0.6 is 0 Å². The van der Waals surface area contributed by atoms with Crippen molar-refractivity contribution in [2.45, 2.75) is 32.4 Å². The van der Waals surface area contributed by atoms with Gasteiger partial charge in [-0.1, -0.05) is 25.1 Å². The molecule has 0 fully saturated rings. The highest BCUT2D eigenvalue weighted by molar-refractivity contribution is 5.57. The maximum atomic E-state index is 9.32. The van der Waals surface area contributed by atoms with E-state index in [-0.39, 0.29) is 12.6 Å². The van der Waals surface area contributed by atoms with Crippen LogP contribution in [0.5, 0.6) is 0 Å². The Morgan fingerprint density at radius 2 is 2.24 bits per heavy atom. The average molecular weight is 234 g/mol. The van der Waals surface area contributed by atoms with Crippen LogP contribution < -0.4 is 10.2 Å². The summed E-state index contributed by atoms with van der Waals surface area (Å²) in [5.41, 5.74) is 2.63. The topological polar surface area (TPSA) is 35.5 Å². The molecule has 3 heteroatoms. The van der Waals surface area contributed by atoms with Crippen LogP contribution in [-0.4, -0.2) is 30.8 Å². The third-order valence-electron chi connectivity index (χ3n) is 3.53. The molecular formula is C14H22N2O. The van der Waals surface area contributed by atoms with E-state index < -0.39 is 0 Å². The lowest BCUT2D eigenvalue weighted by molar-refractivity contribution is 0.263. The molecule has 1 aliphatic rings. The zero-order valence-corrected chi connectivity index (χ0v) is 10.7. The molecule has 0 radical (unpaired) electrons. The summed E-state index contributed by atoms with van der Waals surface area (Å²) in [5, 5.41) is 12.9. The molecular weight excluding hydrogens is 212 g/mol. The molecule has 1 heterocycles. The summed E-state index contributed by atoms with van der Waals surface area (Å²) in [7, 11) is 0. The van der Waals surface area contributed by atoms with Crippen LogP contribution in [0.15, 0.2) is 24.3 Å². The molecule has 2 atom stereocenters. The third-order valence-corrected chi connectivity index (χ3v) is 3.53. The summed E-state index contributed by atoms with van der Waals surface area (Å²) in [6.45, 7) is 6.43. The van der Waals surface area contributed by atoms with Gasteiger partial charge in [-0.15, -0.1) is 0 Å². The van der Waals surface area contributed by atoms with Crippen molar-refractivity contribution in [1.29, 1.82) is 0 Å². The molecule has 0 aliphatic carbocycles. The van der Waals surface area contributed by atoms with E-state index in [1.807, 2.05) is 0 Å². The first kappa shape index (κ1) is 12.4. The number of hydrogen-bond acceptors (Lipinski definition) is 3. The van der Waals surface area contributed by atoms with Gasteiger partial charge in [-0.25, -0.2) is 0 Å². The Kier molecular flexibility index (Phi) is 4.02. The van der Waals surface area contributed by atoms with Gasteiger partial charge in [-0.2, -0.15) is 0 Å². The summed E-state index contributed by atoms with van der Waals surface area (Å²) < 4.78 is 0. The molecule has 0 bridgehead atoms. The Balaban J connectivity index is 2.30. The highest BCUT2D eigenvalue weighted by atomic mass is 16.3. The molecule has 1 aliphatic heterocycles. The Labute approximate surface area is 103 Å². The third kappa shape index (κ3) is 2.45. The molecule has 1 aromatic rings. The molecule has 3 nitrogen and oxygen atoms in total. The number of nitrogens with zero attached hydrogens (tertiary/aromatic N) is 1. The molecule has 2 rings (SSSR count). The van der Waals surface area contributed by atoms with Gasteiger partial charge < -0.3 is 15.3 Å². The van der Waals surface area contributed by atoms with Gasteiger partial charge in [0, 0.05) is 24.3 Å². The number of fused-ring (bicyclic) bond motifs is 1. The minimum absolute atomic E-state index is 0.193. The molecule has 0 saturated heterocycles. The number of hydrogen-bond donors (Lipinski definition) is 2. The molecule has 2 unspecified atom stereocenters. The normalized spacial score (nSPS) is 21.1. The first-order chi connectivity index (χ1) is 8.27. The van der Waals surface area contributed by atoms with Gasteiger partial charge in [0.15, 0.2) is 0 Å². The Morgan fingerprint density at radius 3 is 2.94 bits per heavy atom. The summed E-state index contributed by atoms with van der Waals surface area (Å²) in [6, 6.07) is 9.17. The number of benzene rings is 1. The van der Waals surface area contributed by atoms with Crippen LogP contribution in [0.25, 0.3) is 0 Å². The van der Waals surface area contributed by atoms with Gasteiger partial charge in [0.2, 0.25) is 0 Å². The standard InChI is InChI=1S/C14H22N2O/c1-3-15-13-8-9-16(11(2)10-17)14-7-5-4-6-12(13)14/h4-7,11,13,15,17H,3,8-10H2,1-2H3. The Hall–Kier alpha value is -1.06. The molecule has 0 aromatic heterocycles. The first-order valence-electron chi connectivity index (χ1n) is 6.47. The lowest BCUT2D eigenvalue weighted by atomic mass is 9.95. The number of anilines is 1. The summed E-state index contributed by atoms with van der Waals surface area (Å²) >= 11 is 0. The quantitative estimate of drug-likeness (QED) is 0.835. The van der Waals surface area contributed by atoms with Crippen LogP contribution in [0.1, 0.15) is 31.9 Å². The van der Waals surface area contributed by atoms with Crippen molar-refractivity contribution in [3.63, 3.8) is 0 Å². The zero-order chi connectivity index (χ0) is 12.3. The smallest absolute Gasteiger partial charge is 0.0632 e. The lowest BCUT2D eigenvalue weighted by Gasteiger charge is -2.39. The second kappa shape index (κ2) is 5.52. The van der Waals surface area contributed by atoms with E-state index in [0.29, 0.717) is 6.04 Å². The number of aliphatic hydroxyl groups is 1. The molecule has 17 heavy (non-hydrogen) atoms. The van der Waals surface area contributed by atoms with Crippen molar-refractivity contribution < 1.29 is 5.11 Å². The van der Waals surface area contributed by atoms with E-state index in [2.05, 4.69) is 48.3 Å². The van der Waals surface area contributed by atoms with Gasteiger partial charge in [0.1, 0.15) is 0 Å². The molecule has 94 valence electrons. The van der Waals surface area contributed by atoms with E-state index in [9.17, 15) is 5.11 Å². The maximum Gasteiger partial charge on any atom is 0.0632 e. The highest BCUT2D eigenvalue weighted by Crippen LogP contribution is 2.34. The highest BCUT2D eigenvalue weighted by Gasteiger charge is 2.26.